The normalized spacial score (nSPS) is 21.7. The fraction of sp³-hybridized carbons (Fsp3) is 0.450. The molecular weight excluding hydrogens is 522 g/mol. The van der Waals surface area contributed by atoms with E-state index in [0.29, 0.717) is 6.20 Å². The quantitative estimate of drug-likeness (QED) is 0.156. The number of aliphatic hydroxyl groups excluding tert-OH is 1. The van der Waals surface area contributed by atoms with Crippen molar-refractivity contribution >= 4 is 19.4 Å². The molecule has 0 amide bonds. The van der Waals surface area contributed by atoms with Crippen molar-refractivity contribution in [2.45, 2.75) is 44.7 Å². The molecule has 0 spiro atoms. The van der Waals surface area contributed by atoms with Crippen molar-refractivity contribution in [2.24, 2.45) is 0 Å². The number of aromatic amines is 1. The van der Waals surface area contributed by atoms with Crippen LogP contribution in [0.4, 0.5) is 10.1 Å². The topological polar surface area (TPSA) is 201 Å². The number of non-ortho nitro benzene ring substituents is 1. The maximum Gasteiger partial charge on any atom is 0.459 e. The van der Waals surface area contributed by atoms with E-state index in [4.69, 9.17) is 18.5 Å². The first-order valence-corrected chi connectivity index (χ1v) is 12.4. The highest BCUT2D eigenvalue weighted by Gasteiger charge is 2.39. The lowest BCUT2D eigenvalue weighted by molar-refractivity contribution is -0.384. The van der Waals surface area contributed by atoms with E-state index >= 15 is 0 Å². The number of esters is 1. The van der Waals surface area contributed by atoms with Crippen LogP contribution in [-0.4, -0.2) is 57.0 Å². The molecule has 1 fully saturated rings. The molecule has 3 rings (SSSR count). The highest BCUT2D eigenvalue weighted by atomic mass is 31.2. The van der Waals surface area contributed by atoms with Gasteiger partial charge in [-0.2, -0.15) is 9.48 Å². The number of aromatic nitrogens is 2. The Morgan fingerprint density at radius 1 is 1.41 bits per heavy atom. The van der Waals surface area contributed by atoms with Gasteiger partial charge in [-0.1, -0.05) is 0 Å². The van der Waals surface area contributed by atoms with Crippen molar-refractivity contribution in [3.8, 4) is 5.75 Å². The summed E-state index contributed by atoms with van der Waals surface area (Å²) in [6.45, 7) is 2.38. The van der Waals surface area contributed by atoms with E-state index < -0.39 is 66.8 Å². The second kappa shape index (κ2) is 11.7. The van der Waals surface area contributed by atoms with Crippen LogP contribution in [-0.2, 0) is 23.4 Å². The number of H-pyrrole nitrogens is 1. The zero-order valence-corrected chi connectivity index (χ0v) is 20.5. The van der Waals surface area contributed by atoms with Crippen LogP contribution in [0.15, 0.2) is 40.1 Å². The minimum atomic E-state index is -4.40. The van der Waals surface area contributed by atoms with E-state index in [2.05, 4.69) is 5.09 Å². The summed E-state index contributed by atoms with van der Waals surface area (Å²) in [7, 11) is -4.40. The molecule has 1 aromatic carbocycles. The molecule has 1 aliphatic rings. The molecule has 2 heterocycles. The van der Waals surface area contributed by atoms with E-state index in [9.17, 15) is 38.6 Å². The first-order valence-electron chi connectivity index (χ1n) is 10.9. The Morgan fingerprint density at radius 2 is 2.08 bits per heavy atom. The second-order valence-corrected chi connectivity index (χ2v) is 9.51. The number of nitro benzene ring substituents is 1. The third-order valence-electron chi connectivity index (χ3n) is 5.11. The van der Waals surface area contributed by atoms with Gasteiger partial charge in [0.1, 0.15) is 24.1 Å². The van der Waals surface area contributed by atoms with E-state index in [1.807, 2.05) is 0 Å². The van der Waals surface area contributed by atoms with Gasteiger partial charge < -0.3 is 19.1 Å². The van der Waals surface area contributed by atoms with Crippen LogP contribution in [0, 0.1) is 15.9 Å². The maximum atomic E-state index is 13.6. The summed E-state index contributed by atoms with van der Waals surface area (Å²) < 4.78 is 49.1. The number of halogens is 1. The minimum absolute atomic E-state index is 0.0490. The Morgan fingerprint density at radius 3 is 2.70 bits per heavy atom. The number of nitrogens with one attached hydrogen (secondary N) is 2. The lowest BCUT2D eigenvalue weighted by Gasteiger charge is -2.24. The number of rotatable bonds is 11. The standard InChI is InChI=1S/C20H24FN4O11P/c1-3-33-19(28)11(2)23-37(32,36-13-6-4-12(5-7-13)25(30)31)34-10-16-15(26)8-17(35-16)24-9-14(21)18(27)22-20(24)29/h4-7,9,11,15-17,26H,3,8,10H2,1-2H3,(H,23,32)(H,22,27,29)/t11-,15?,16+,17+,37?/m0/s1. The predicted octanol–water partition coefficient (Wildman–Crippen LogP) is 0.977. The lowest BCUT2D eigenvalue weighted by atomic mass is 10.2. The molecule has 3 N–H and O–H groups in total. The Bertz CT molecular complexity index is 1300. The van der Waals surface area contributed by atoms with Crippen LogP contribution in [0.3, 0.4) is 0 Å². The molecule has 2 aromatic rings. The SMILES string of the molecule is CCOC(=O)[C@H](C)NP(=O)(OC[C@H]1O[C@@H](n2cc(F)c(=O)[nH]c2=O)CC1O)Oc1ccc([N+](=O)[O-])cc1. The van der Waals surface area contributed by atoms with Crippen molar-refractivity contribution in [3.05, 3.63) is 67.2 Å². The lowest BCUT2D eigenvalue weighted by Crippen LogP contribution is -2.36. The van der Waals surface area contributed by atoms with Crippen molar-refractivity contribution in [1.29, 1.82) is 0 Å². The molecule has 0 saturated carbocycles. The van der Waals surface area contributed by atoms with Gasteiger partial charge in [0, 0.05) is 18.6 Å². The van der Waals surface area contributed by atoms with Gasteiger partial charge in [-0.05, 0) is 26.0 Å². The number of aliphatic hydroxyl groups is 1. The Kier molecular flexibility index (Phi) is 8.94. The summed E-state index contributed by atoms with van der Waals surface area (Å²) in [6, 6.07) is 3.36. The first kappa shape index (κ1) is 28.1. The van der Waals surface area contributed by atoms with Crippen molar-refractivity contribution in [2.75, 3.05) is 13.2 Å². The number of hydrogen-bond donors (Lipinski definition) is 3. The van der Waals surface area contributed by atoms with Gasteiger partial charge in [-0.3, -0.25) is 33.8 Å². The van der Waals surface area contributed by atoms with Crippen LogP contribution in [0.1, 0.15) is 26.5 Å². The molecular formula is C20H24FN4O11P. The van der Waals surface area contributed by atoms with Crippen LogP contribution >= 0.6 is 7.75 Å². The van der Waals surface area contributed by atoms with Crippen LogP contribution in [0.25, 0.3) is 0 Å². The van der Waals surface area contributed by atoms with E-state index in [0.717, 1.165) is 16.7 Å². The molecule has 0 radical (unpaired) electrons. The fourth-order valence-electron chi connectivity index (χ4n) is 3.30. The number of nitrogens with zero attached hydrogens (tertiary/aromatic N) is 2. The van der Waals surface area contributed by atoms with Crippen molar-refractivity contribution in [3.63, 3.8) is 0 Å². The van der Waals surface area contributed by atoms with E-state index in [1.54, 1.807) is 11.9 Å². The monoisotopic (exact) mass is 546 g/mol. The summed E-state index contributed by atoms with van der Waals surface area (Å²) in [5.41, 5.74) is -2.44. The fourth-order valence-corrected chi connectivity index (χ4v) is 4.80. The van der Waals surface area contributed by atoms with Crippen LogP contribution < -0.4 is 20.9 Å². The van der Waals surface area contributed by atoms with Gasteiger partial charge >= 0.3 is 19.4 Å². The molecule has 5 atom stereocenters. The molecule has 17 heteroatoms. The summed E-state index contributed by atoms with van der Waals surface area (Å²) in [5.74, 6) is -2.11. The molecule has 15 nitrogen and oxygen atoms in total. The molecule has 1 aromatic heterocycles. The minimum Gasteiger partial charge on any atom is -0.465 e. The summed E-state index contributed by atoms with van der Waals surface area (Å²) >= 11 is 0. The molecule has 1 aliphatic heterocycles. The molecule has 37 heavy (non-hydrogen) atoms. The summed E-state index contributed by atoms with van der Waals surface area (Å²) in [6.07, 6.45) is -3.18. The third-order valence-corrected chi connectivity index (χ3v) is 6.76. The highest BCUT2D eigenvalue weighted by molar-refractivity contribution is 7.52. The van der Waals surface area contributed by atoms with Gasteiger partial charge in [0.25, 0.3) is 11.2 Å². The van der Waals surface area contributed by atoms with Gasteiger partial charge in [0.2, 0.25) is 5.82 Å². The Labute approximate surface area is 207 Å². The van der Waals surface area contributed by atoms with Crippen molar-refractivity contribution < 1.29 is 42.3 Å². The van der Waals surface area contributed by atoms with E-state index in [1.165, 1.54) is 19.1 Å². The smallest absolute Gasteiger partial charge is 0.459 e. The average Bonchev–Trinajstić information content (AvgIpc) is 3.20. The number of hydrogen-bond acceptors (Lipinski definition) is 11. The van der Waals surface area contributed by atoms with Crippen molar-refractivity contribution in [1.82, 2.24) is 14.6 Å². The number of carbonyl (C=O) groups excluding carboxylic acids is 1. The number of benzene rings is 1. The number of nitro groups is 1. The molecule has 202 valence electrons. The maximum absolute atomic E-state index is 13.6. The summed E-state index contributed by atoms with van der Waals surface area (Å²) in [5, 5.41) is 23.6. The predicted molar refractivity (Wildman–Crippen MR) is 122 cm³/mol. The number of carbonyl (C=O) groups is 1. The van der Waals surface area contributed by atoms with Gasteiger partial charge in [0.05, 0.1) is 30.4 Å². The number of ether oxygens (including phenoxy) is 2. The Hall–Kier alpha value is -3.43. The molecule has 1 saturated heterocycles. The van der Waals surface area contributed by atoms with Gasteiger partial charge in [0.15, 0.2) is 0 Å². The van der Waals surface area contributed by atoms with E-state index in [-0.39, 0.29) is 24.5 Å². The second-order valence-electron chi connectivity index (χ2n) is 7.81. The first-order chi connectivity index (χ1) is 17.4. The van der Waals surface area contributed by atoms with Crippen LogP contribution in [0.2, 0.25) is 0 Å². The Balaban J connectivity index is 1.76. The highest BCUT2D eigenvalue weighted by Crippen LogP contribution is 2.46. The molecule has 0 bridgehead atoms. The van der Waals surface area contributed by atoms with Crippen LogP contribution in [0.5, 0.6) is 5.75 Å². The third kappa shape index (κ3) is 7.08. The summed E-state index contributed by atoms with van der Waals surface area (Å²) in [4.78, 5) is 47.3. The van der Waals surface area contributed by atoms with Gasteiger partial charge in [-0.15, -0.1) is 0 Å². The zero-order valence-electron chi connectivity index (χ0n) is 19.6. The molecule has 2 unspecified atom stereocenters. The zero-order chi connectivity index (χ0) is 27.3. The molecule has 0 aliphatic carbocycles. The average molecular weight is 546 g/mol. The van der Waals surface area contributed by atoms with Gasteiger partial charge in [-0.25, -0.2) is 9.36 Å². The largest absolute Gasteiger partial charge is 0.465 e.